The average Bonchev–Trinajstić information content (AvgIpc) is 2.81. The van der Waals surface area contributed by atoms with Crippen LogP contribution in [0.25, 0.3) is 11.0 Å². The monoisotopic (exact) mass is 290 g/mol. The van der Waals surface area contributed by atoms with Crippen molar-refractivity contribution in [2.24, 2.45) is 0 Å². The summed E-state index contributed by atoms with van der Waals surface area (Å²) in [5.74, 6) is 0.0537. The maximum absolute atomic E-state index is 13.2. The van der Waals surface area contributed by atoms with Crippen LogP contribution in [0.15, 0.2) is 46.9 Å². The molecule has 3 rings (SSSR count). The van der Waals surface area contributed by atoms with Crippen LogP contribution in [0.2, 0.25) is 5.02 Å². The second kappa shape index (κ2) is 4.93. The van der Waals surface area contributed by atoms with E-state index < -0.39 is 6.10 Å². The van der Waals surface area contributed by atoms with Crippen molar-refractivity contribution in [2.75, 3.05) is 0 Å². The van der Waals surface area contributed by atoms with Crippen molar-refractivity contribution in [3.8, 4) is 0 Å². The van der Waals surface area contributed by atoms with Crippen LogP contribution >= 0.6 is 11.6 Å². The Bertz CT molecular complexity index is 779. The molecular formula is C16H12ClFO2. The molecule has 1 atom stereocenters. The molecule has 0 aliphatic carbocycles. The molecule has 4 heteroatoms. The number of aliphatic hydroxyl groups excluding tert-OH is 1. The van der Waals surface area contributed by atoms with Gasteiger partial charge >= 0.3 is 0 Å². The Morgan fingerprint density at radius 1 is 1.15 bits per heavy atom. The van der Waals surface area contributed by atoms with Gasteiger partial charge in [0.25, 0.3) is 0 Å². The Hall–Kier alpha value is -1.84. The molecule has 0 radical (unpaired) electrons. The number of aliphatic hydroxyl groups is 1. The van der Waals surface area contributed by atoms with E-state index in [9.17, 15) is 9.50 Å². The minimum Gasteiger partial charge on any atom is -0.458 e. The van der Waals surface area contributed by atoms with Crippen LogP contribution in [0.3, 0.4) is 0 Å². The van der Waals surface area contributed by atoms with Gasteiger partial charge in [-0.05, 0) is 54.4 Å². The van der Waals surface area contributed by atoms with Gasteiger partial charge in [-0.2, -0.15) is 0 Å². The average molecular weight is 291 g/mol. The van der Waals surface area contributed by atoms with E-state index in [0.29, 0.717) is 27.3 Å². The zero-order chi connectivity index (χ0) is 14.3. The fourth-order valence-electron chi connectivity index (χ4n) is 2.27. The first-order chi connectivity index (χ1) is 9.54. The summed E-state index contributed by atoms with van der Waals surface area (Å²) in [4.78, 5) is 0. The van der Waals surface area contributed by atoms with Crippen LogP contribution in [0.5, 0.6) is 0 Å². The minimum atomic E-state index is -0.900. The predicted octanol–water partition coefficient (Wildman–Crippen LogP) is 4.62. The summed E-state index contributed by atoms with van der Waals surface area (Å²) in [6.45, 7) is 1.87. The molecule has 0 amide bonds. The Morgan fingerprint density at radius 3 is 2.70 bits per heavy atom. The molecule has 0 saturated carbocycles. The minimum absolute atomic E-state index is 0.331. The normalized spacial score (nSPS) is 12.8. The smallest absolute Gasteiger partial charge is 0.138 e. The van der Waals surface area contributed by atoms with Crippen LogP contribution in [0.4, 0.5) is 4.39 Å². The Morgan fingerprint density at radius 2 is 1.95 bits per heavy atom. The second-order valence-corrected chi connectivity index (χ2v) is 5.17. The lowest BCUT2D eigenvalue weighted by Crippen LogP contribution is -2.00. The van der Waals surface area contributed by atoms with Crippen LogP contribution in [-0.4, -0.2) is 5.11 Å². The van der Waals surface area contributed by atoms with Crippen molar-refractivity contribution >= 4 is 22.6 Å². The Kier molecular flexibility index (Phi) is 3.24. The summed E-state index contributed by atoms with van der Waals surface area (Å²) in [5.41, 5.74) is 2.14. The van der Waals surface area contributed by atoms with Crippen LogP contribution in [-0.2, 0) is 0 Å². The highest BCUT2D eigenvalue weighted by Crippen LogP contribution is 2.31. The quantitative estimate of drug-likeness (QED) is 0.747. The van der Waals surface area contributed by atoms with Gasteiger partial charge in [-0.1, -0.05) is 17.7 Å². The van der Waals surface area contributed by atoms with E-state index in [0.717, 1.165) is 5.56 Å². The van der Waals surface area contributed by atoms with Crippen molar-refractivity contribution in [3.63, 3.8) is 0 Å². The van der Waals surface area contributed by atoms with E-state index in [-0.39, 0.29) is 5.82 Å². The number of fused-ring (bicyclic) bond motifs is 1. The molecular weight excluding hydrogens is 279 g/mol. The topological polar surface area (TPSA) is 33.4 Å². The van der Waals surface area contributed by atoms with Gasteiger partial charge in [0.15, 0.2) is 0 Å². The number of benzene rings is 2. The zero-order valence-electron chi connectivity index (χ0n) is 10.7. The molecule has 0 bridgehead atoms. The van der Waals surface area contributed by atoms with Gasteiger partial charge in [-0.3, -0.25) is 0 Å². The van der Waals surface area contributed by atoms with E-state index in [1.165, 1.54) is 12.1 Å². The number of aryl methyl sites for hydroxylation is 1. The number of hydrogen-bond donors (Lipinski definition) is 1. The molecule has 0 aliphatic rings. The number of hydrogen-bond acceptors (Lipinski definition) is 2. The third-order valence-corrected chi connectivity index (χ3v) is 3.53. The molecule has 0 spiro atoms. The van der Waals surface area contributed by atoms with Crippen molar-refractivity contribution < 1.29 is 13.9 Å². The van der Waals surface area contributed by atoms with Crippen molar-refractivity contribution in [1.29, 1.82) is 0 Å². The Balaban J connectivity index is 2.05. The maximum atomic E-state index is 13.2. The Labute approximate surface area is 120 Å². The number of furan rings is 1. The SMILES string of the molecule is Cc1cc(Cl)ccc1C(O)c1cc2cc(F)ccc2o1. The first-order valence-electron chi connectivity index (χ1n) is 6.18. The predicted molar refractivity (Wildman–Crippen MR) is 76.4 cm³/mol. The van der Waals surface area contributed by atoms with Gasteiger partial charge in [0.2, 0.25) is 0 Å². The highest BCUT2D eigenvalue weighted by atomic mass is 35.5. The van der Waals surface area contributed by atoms with Gasteiger partial charge in [0.1, 0.15) is 23.3 Å². The van der Waals surface area contributed by atoms with Gasteiger partial charge in [0, 0.05) is 10.4 Å². The summed E-state index contributed by atoms with van der Waals surface area (Å²) in [6, 6.07) is 11.2. The molecule has 0 saturated heterocycles. The van der Waals surface area contributed by atoms with E-state index in [1.807, 2.05) is 6.92 Å². The molecule has 102 valence electrons. The first kappa shape index (κ1) is 13.2. The van der Waals surface area contributed by atoms with Crippen molar-refractivity contribution in [2.45, 2.75) is 13.0 Å². The molecule has 1 N–H and O–H groups in total. The largest absolute Gasteiger partial charge is 0.458 e. The molecule has 20 heavy (non-hydrogen) atoms. The summed E-state index contributed by atoms with van der Waals surface area (Å²) in [5, 5.41) is 11.6. The summed E-state index contributed by atoms with van der Waals surface area (Å²) in [7, 11) is 0. The lowest BCUT2D eigenvalue weighted by molar-refractivity contribution is 0.191. The fraction of sp³-hybridized carbons (Fsp3) is 0.125. The molecule has 0 fully saturated rings. The molecule has 0 aliphatic heterocycles. The maximum Gasteiger partial charge on any atom is 0.138 e. The fourth-order valence-corrected chi connectivity index (χ4v) is 2.50. The standard InChI is InChI=1S/C16H12ClFO2/c1-9-6-11(17)2-4-13(9)16(19)15-8-10-7-12(18)3-5-14(10)20-15/h2-8,16,19H,1H3. The zero-order valence-corrected chi connectivity index (χ0v) is 11.5. The highest BCUT2D eigenvalue weighted by Gasteiger charge is 2.17. The summed E-state index contributed by atoms with van der Waals surface area (Å²) < 4.78 is 18.7. The summed E-state index contributed by atoms with van der Waals surface area (Å²) in [6.07, 6.45) is -0.900. The molecule has 1 unspecified atom stereocenters. The van der Waals surface area contributed by atoms with Crippen LogP contribution in [0, 0.1) is 12.7 Å². The number of rotatable bonds is 2. The molecule has 3 aromatic rings. The van der Waals surface area contributed by atoms with Gasteiger partial charge in [-0.25, -0.2) is 4.39 Å². The van der Waals surface area contributed by atoms with Gasteiger partial charge in [-0.15, -0.1) is 0 Å². The van der Waals surface area contributed by atoms with Crippen LogP contribution in [0.1, 0.15) is 23.0 Å². The molecule has 1 aromatic heterocycles. The van der Waals surface area contributed by atoms with E-state index in [1.54, 1.807) is 30.3 Å². The van der Waals surface area contributed by atoms with E-state index in [4.69, 9.17) is 16.0 Å². The van der Waals surface area contributed by atoms with Crippen molar-refractivity contribution in [3.05, 3.63) is 70.2 Å². The van der Waals surface area contributed by atoms with Gasteiger partial charge < -0.3 is 9.52 Å². The molecule has 2 aromatic carbocycles. The highest BCUT2D eigenvalue weighted by molar-refractivity contribution is 6.30. The molecule has 1 heterocycles. The molecule has 2 nitrogen and oxygen atoms in total. The van der Waals surface area contributed by atoms with Gasteiger partial charge in [0.05, 0.1) is 0 Å². The van der Waals surface area contributed by atoms with Crippen LogP contribution < -0.4 is 0 Å². The number of halogens is 2. The second-order valence-electron chi connectivity index (χ2n) is 4.73. The van der Waals surface area contributed by atoms with E-state index in [2.05, 4.69) is 0 Å². The first-order valence-corrected chi connectivity index (χ1v) is 6.55. The third kappa shape index (κ3) is 2.30. The van der Waals surface area contributed by atoms with E-state index >= 15 is 0 Å². The lowest BCUT2D eigenvalue weighted by atomic mass is 10.0. The summed E-state index contributed by atoms with van der Waals surface area (Å²) >= 11 is 5.90. The van der Waals surface area contributed by atoms with Crippen molar-refractivity contribution in [1.82, 2.24) is 0 Å². The lowest BCUT2D eigenvalue weighted by Gasteiger charge is -2.11. The third-order valence-electron chi connectivity index (χ3n) is 3.29.